The minimum absolute atomic E-state index is 0.0985. The Morgan fingerprint density at radius 1 is 0.900 bits per heavy atom. The SMILES string of the molecule is COC(=O)CCCCCCC(CCCCCCC(=O)OC)NCCC1CCCN1C. The number of unbranched alkanes of at least 4 members (excludes halogenated alkanes) is 6. The third kappa shape index (κ3) is 13.2. The van der Waals surface area contributed by atoms with Gasteiger partial charge in [0, 0.05) is 24.9 Å². The van der Waals surface area contributed by atoms with Crippen molar-refractivity contribution in [1.29, 1.82) is 0 Å². The molecule has 6 nitrogen and oxygen atoms in total. The smallest absolute Gasteiger partial charge is 0.305 e. The van der Waals surface area contributed by atoms with Crippen LogP contribution in [0, 0.1) is 0 Å². The van der Waals surface area contributed by atoms with E-state index in [0.29, 0.717) is 18.9 Å². The summed E-state index contributed by atoms with van der Waals surface area (Å²) in [6.07, 6.45) is 16.3. The summed E-state index contributed by atoms with van der Waals surface area (Å²) in [5, 5.41) is 3.83. The summed E-state index contributed by atoms with van der Waals surface area (Å²) in [6, 6.07) is 1.33. The summed E-state index contributed by atoms with van der Waals surface area (Å²) in [7, 11) is 5.16. The molecule has 1 N–H and O–H groups in total. The van der Waals surface area contributed by atoms with E-state index in [1.54, 1.807) is 0 Å². The van der Waals surface area contributed by atoms with Crippen LogP contribution < -0.4 is 5.32 Å². The molecule has 30 heavy (non-hydrogen) atoms. The van der Waals surface area contributed by atoms with Gasteiger partial charge in [-0.2, -0.15) is 0 Å². The number of hydrogen-bond donors (Lipinski definition) is 1. The van der Waals surface area contributed by atoms with E-state index in [1.807, 2.05) is 0 Å². The van der Waals surface area contributed by atoms with Gasteiger partial charge in [-0.05, 0) is 65.1 Å². The van der Waals surface area contributed by atoms with Crippen LogP contribution in [-0.4, -0.2) is 63.3 Å². The molecule has 0 amide bonds. The zero-order valence-corrected chi connectivity index (χ0v) is 19.8. The lowest BCUT2D eigenvalue weighted by molar-refractivity contribution is -0.141. The van der Waals surface area contributed by atoms with Crippen LogP contribution >= 0.6 is 0 Å². The monoisotopic (exact) mass is 426 g/mol. The zero-order chi connectivity index (χ0) is 22.0. The Balaban J connectivity index is 2.20. The number of likely N-dealkylation sites (tertiary alicyclic amines) is 1. The maximum absolute atomic E-state index is 11.2. The molecule has 0 saturated carbocycles. The van der Waals surface area contributed by atoms with Crippen molar-refractivity contribution in [2.24, 2.45) is 0 Å². The van der Waals surface area contributed by atoms with Crippen molar-refractivity contribution in [3.8, 4) is 0 Å². The molecule has 1 rings (SSSR count). The van der Waals surface area contributed by atoms with Crippen molar-refractivity contribution >= 4 is 11.9 Å². The Hall–Kier alpha value is -1.14. The first kappa shape index (κ1) is 26.9. The highest BCUT2D eigenvalue weighted by Gasteiger charge is 2.20. The number of methoxy groups -OCH3 is 2. The van der Waals surface area contributed by atoms with Gasteiger partial charge < -0.3 is 19.7 Å². The topological polar surface area (TPSA) is 67.9 Å². The van der Waals surface area contributed by atoms with Gasteiger partial charge in [0.1, 0.15) is 0 Å². The van der Waals surface area contributed by atoms with Gasteiger partial charge in [-0.3, -0.25) is 9.59 Å². The highest BCUT2D eigenvalue weighted by Crippen LogP contribution is 2.18. The van der Waals surface area contributed by atoms with Gasteiger partial charge >= 0.3 is 11.9 Å². The van der Waals surface area contributed by atoms with Crippen LogP contribution in [0.3, 0.4) is 0 Å². The first-order chi connectivity index (χ1) is 14.6. The zero-order valence-electron chi connectivity index (χ0n) is 19.8. The summed E-state index contributed by atoms with van der Waals surface area (Å²) < 4.78 is 9.41. The fraction of sp³-hybridized carbons (Fsp3) is 0.917. The van der Waals surface area contributed by atoms with Crippen LogP contribution in [0.4, 0.5) is 0 Å². The van der Waals surface area contributed by atoms with Crippen molar-refractivity contribution in [3.63, 3.8) is 0 Å². The normalized spacial score (nSPS) is 16.9. The largest absolute Gasteiger partial charge is 0.469 e. The second-order valence-corrected chi connectivity index (χ2v) is 8.77. The summed E-state index contributed by atoms with van der Waals surface area (Å²) in [5.74, 6) is -0.197. The molecule has 1 atom stereocenters. The average Bonchev–Trinajstić information content (AvgIpc) is 3.16. The van der Waals surface area contributed by atoms with Crippen LogP contribution in [0.5, 0.6) is 0 Å². The second kappa shape index (κ2) is 17.5. The Morgan fingerprint density at radius 2 is 1.43 bits per heavy atom. The lowest BCUT2D eigenvalue weighted by atomic mass is 10.00. The van der Waals surface area contributed by atoms with Gasteiger partial charge in [0.05, 0.1) is 14.2 Å². The van der Waals surface area contributed by atoms with Crippen LogP contribution in [0.15, 0.2) is 0 Å². The van der Waals surface area contributed by atoms with Crippen molar-refractivity contribution in [3.05, 3.63) is 0 Å². The lowest BCUT2D eigenvalue weighted by Crippen LogP contribution is -2.34. The summed E-state index contributed by atoms with van der Waals surface area (Å²) in [5.41, 5.74) is 0. The van der Waals surface area contributed by atoms with Gasteiger partial charge in [-0.25, -0.2) is 0 Å². The van der Waals surface area contributed by atoms with E-state index in [4.69, 9.17) is 9.47 Å². The third-order valence-electron chi connectivity index (χ3n) is 6.40. The van der Waals surface area contributed by atoms with Crippen LogP contribution in [-0.2, 0) is 19.1 Å². The van der Waals surface area contributed by atoms with Gasteiger partial charge in [0.2, 0.25) is 0 Å². The van der Waals surface area contributed by atoms with E-state index in [0.717, 1.165) is 38.3 Å². The quantitative estimate of drug-likeness (QED) is 0.258. The average molecular weight is 427 g/mol. The molecule has 0 aromatic rings. The number of carbonyl (C=O) groups excluding carboxylic acids is 2. The van der Waals surface area contributed by atoms with E-state index in [-0.39, 0.29) is 11.9 Å². The molecule has 1 aliphatic rings. The fourth-order valence-electron chi connectivity index (χ4n) is 4.38. The van der Waals surface area contributed by atoms with E-state index in [9.17, 15) is 9.59 Å². The number of nitrogens with one attached hydrogen (secondary N) is 1. The molecule has 1 aliphatic heterocycles. The first-order valence-electron chi connectivity index (χ1n) is 12.1. The Morgan fingerprint density at radius 3 is 1.90 bits per heavy atom. The molecule has 0 bridgehead atoms. The second-order valence-electron chi connectivity index (χ2n) is 8.77. The molecule has 0 aromatic heterocycles. The standard InChI is InChI=1S/C24H46N2O4/c1-26-20-12-15-22(26)18-19-25-21(13-8-4-6-10-16-23(27)29-2)14-9-5-7-11-17-24(28)30-3/h21-22,25H,4-20H2,1-3H3. The molecule has 0 radical (unpaired) electrons. The van der Waals surface area contributed by atoms with Gasteiger partial charge in [-0.1, -0.05) is 38.5 Å². The molecule has 6 heteroatoms. The van der Waals surface area contributed by atoms with Gasteiger partial charge in [0.15, 0.2) is 0 Å². The summed E-state index contributed by atoms with van der Waals surface area (Å²) in [4.78, 5) is 24.9. The van der Waals surface area contributed by atoms with E-state index in [1.165, 1.54) is 78.6 Å². The predicted molar refractivity (Wildman–Crippen MR) is 121 cm³/mol. The Kier molecular flexibility index (Phi) is 15.7. The minimum atomic E-state index is -0.0985. The molecular formula is C24H46N2O4. The molecule has 1 saturated heterocycles. The van der Waals surface area contributed by atoms with Crippen molar-refractivity contribution in [2.45, 2.75) is 108 Å². The number of carbonyl (C=O) groups is 2. The Bertz CT molecular complexity index is 430. The summed E-state index contributed by atoms with van der Waals surface area (Å²) in [6.45, 7) is 2.34. The third-order valence-corrected chi connectivity index (χ3v) is 6.40. The number of ether oxygens (including phenoxy) is 2. The summed E-state index contributed by atoms with van der Waals surface area (Å²) >= 11 is 0. The molecule has 0 spiro atoms. The first-order valence-corrected chi connectivity index (χ1v) is 12.1. The highest BCUT2D eigenvalue weighted by molar-refractivity contribution is 5.69. The van der Waals surface area contributed by atoms with Crippen LogP contribution in [0.2, 0.25) is 0 Å². The van der Waals surface area contributed by atoms with Gasteiger partial charge in [0.25, 0.3) is 0 Å². The van der Waals surface area contributed by atoms with Gasteiger partial charge in [-0.15, -0.1) is 0 Å². The van der Waals surface area contributed by atoms with E-state index >= 15 is 0 Å². The molecule has 176 valence electrons. The fourth-order valence-corrected chi connectivity index (χ4v) is 4.38. The number of esters is 2. The van der Waals surface area contributed by atoms with Crippen molar-refractivity contribution in [2.75, 3.05) is 34.4 Å². The Labute approximate surface area is 184 Å². The van der Waals surface area contributed by atoms with E-state index < -0.39 is 0 Å². The van der Waals surface area contributed by atoms with Crippen molar-refractivity contribution in [1.82, 2.24) is 10.2 Å². The van der Waals surface area contributed by atoms with Crippen molar-refractivity contribution < 1.29 is 19.1 Å². The predicted octanol–water partition coefficient (Wildman–Crippen LogP) is 4.46. The maximum atomic E-state index is 11.2. The van der Waals surface area contributed by atoms with Crippen LogP contribution in [0.25, 0.3) is 0 Å². The number of hydrogen-bond acceptors (Lipinski definition) is 6. The molecular weight excluding hydrogens is 380 g/mol. The minimum Gasteiger partial charge on any atom is -0.469 e. The maximum Gasteiger partial charge on any atom is 0.305 e. The number of nitrogens with zero attached hydrogens (tertiary/aromatic N) is 1. The molecule has 1 heterocycles. The molecule has 0 aliphatic carbocycles. The highest BCUT2D eigenvalue weighted by atomic mass is 16.5. The molecule has 0 aromatic carbocycles. The lowest BCUT2D eigenvalue weighted by Gasteiger charge is -2.23. The molecule has 1 unspecified atom stereocenters. The van der Waals surface area contributed by atoms with Crippen LogP contribution in [0.1, 0.15) is 96.3 Å². The van der Waals surface area contributed by atoms with E-state index in [2.05, 4.69) is 17.3 Å². The number of rotatable bonds is 18. The molecule has 1 fully saturated rings.